The Kier molecular flexibility index (Phi) is 6.67. The number of hydrogen-bond donors (Lipinski definition) is 3. The van der Waals surface area contributed by atoms with Gasteiger partial charge in [-0.1, -0.05) is 24.3 Å². The van der Waals surface area contributed by atoms with Gasteiger partial charge in [-0.2, -0.15) is 0 Å². The highest BCUT2D eigenvalue weighted by atomic mass is 19.1. The van der Waals surface area contributed by atoms with Gasteiger partial charge in [0.25, 0.3) is 5.91 Å². The molecule has 1 aliphatic rings. The number of nitrogens with zero attached hydrogens (tertiary/aromatic N) is 1. The van der Waals surface area contributed by atoms with Gasteiger partial charge in [0.2, 0.25) is 0 Å². The maximum absolute atomic E-state index is 13.2. The number of aliphatic hydroxyl groups is 1. The van der Waals surface area contributed by atoms with Crippen LogP contribution >= 0.6 is 0 Å². The van der Waals surface area contributed by atoms with Gasteiger partial charge in [0.1, 0.15) is 5.82 Å². The van der Waals surface area contributed by atoms with Gasteiger partial charge in [0.05, 0.1) is 11.6 Å². The van der Waals surface area contributed by atoms with Crippen LogP contribution in [0.5, 0.6) is 0 Å². The first-order chi connectivity index (χ1) is 13.7. The molecule has 1 amide bonds. The molecule has 2 aromatic carbocycles. The van der Waals surface area contributed by atoms with Crippen molar-refractivity contribution in [2.75, 3.05) is 20.1 Å². The van der Waals surface area contributed by atoms with Crippen molar-refractivity contribution >= 4 is 5.91 Å². The van der Waals surface area contributed by atoms with Crippen LogP contribution in [0.15, 0.2) is 48.5 Å². The molecule has 6 heteroatoms. The molecule has 1 saturated heterocycles. The van der Waals surface area contributed by atoms with Gasteiger partial charge >= 0.3 is 0 Å². The minimum Gasteiger partial charge on any atom is -0.390 e. The first kappa shape index (κ1) is 21.4. The fraction of sp³-hybridized carbons (Fsp3) is 0.435. The summed E-state index contributed by atoms with van der Waals surface area (Å²) < 4.78 is 13.2. The summed E-state index contributed by atoms with van der Waals surface area (Å²) in [4.78, 5) is 14.7. The highest BCUT2D eigenvalue weighted by Gasteiger charge is 2.30. The minimum absolute atomic E-state index is 0.0176. The Hall–Kier alpha value is -2.28. The monoisotopic (exact) mass is 399 g/mol. The molecule has 29 heavy (non-hydrogen) atoms. The molecule has 2 atom stereocenters. The predicted octanol–water partition coefficient (Wildman–Crippen LogP) is 3.07. The van der Waals surface area contributed by atoms with E-state index in [0.29, 0.717) is 18.5 Å². The summed E-state index contributed by atoms with van der Waals surface area (Å²) in [5.74, 6) is -0.110. The third-order valence-electron chi connectivity index (χ3n) is 5.38. The number of amides is 1. The van der Waals surface area contributed by atoms with Crippen molar-refractivity contribution in [1.29, 1.82) is 0 Å². The molecule has 0 spiro atoms. The van der Waals surface area contributed by atoms with E-state index < -0.39 is 5.60 Å². The number of halogens is 1. The van der Waals surface area contributed by atoms with Crippen molar-refractivity contribution in [3.8, 4) is 0 Å². The van der Waals surface area contributed by atoms with Gasteiger partial charge in [-0.25, -0.2) is 9.82 Å². The number of aryl methyl sites for hydroxylation is 1. The molecule has 0 bridgehead atoms. The number of benzene rings is 2. The summed E-state index contributed by atoms with van der Waals surface area (Å²) in [5.41, 5.74) is 8.35. The van der Waals surface area contributed by atoms with Crippen LogP contribution < -0.4 is 10.9 Å². The summed E-state index contributed by atoms with van der Waals surface area (Å²) in [6, 6.07) is 14.1. The Morgan fingerprint density at radius 1 is 1.24 bits per heavy atom. The zero-order valence-electron chi connectivity index (χ0n) is 17.3. The number of nitrogens with one attached hydrogen (secondary N) is 2. The number of hydrazine groups is 1. The molecule has 0 aromatic heterocycles. The molecule has 156 valence electrons. The van der Waals surface area contributed by atoms with Gasteiger partial charge in [-0.3, -0.25) is 10.2 Å². The molecule has 3 N–H and O–H groups in total. The minimum atomic E-state index is -0.728. The van der Waals surface area contributed by atoms with Crippen molar-refractivity contribution in [2.45, 2.75) is 38.3 Å². The first-order valence-electron chi connectivity index (χ1n) is 10.0. The zero-order chi connectivity index (χ0) is 21.0. The fourth-order valence-corrected chi connectivity index (χ4v) is 3.70. The molecule has 3 rings (SSSR count). The van der Waals surface area contributed by atoms with Crippen molar-refractivity contribution in [3.63, 3.8) is 0 Å². The lowest BCUT2D eigenvalue weighted by Gasteiger charge is -2.25. The summed E-state index contributed by atoms with van der Waals surface area (Å²) >= 11 is 0. The molecular formula is C23H30FN3O2. The van der Waals surface area contributed by atoms with Crippen molar-refractivity contribution in [2.24, 2.45) is 5.92 Å². The molecule has 0 radical (unpaired) electrons. The summed E-state index contributed by atoms with van der Waals surface area (Å²) in [7, 11) is 1.81. The van der Waals surface area contributed by atoms with Gasteiger partial charge in [0, 0.05) is 31.6 Å². The quantitative estimate of drug-likeness (QED) is 0.670. The van der Waals surface area contributed by atoms with Crippen molar-refractivity contribution < 1.29 is 14.3 Å². The molecule has 0 saturated carbocycles. The molecule has 0 aliphatic carbocycles. The lowest BCUT2D eigenvalue weighted by atomic mass is 9.94. The topological polar surface area (TPSA) is 64.6 Å². The van der Waals surface area contributed by atoms with E-state index in [-0.39, 0.29) is 23.7 Å². The second kappa shape index (κ2) is 9.03. The fourth-order valence-electron chi connectivity index (χ4n) is 3.70. The van der Waals surface area contributed by atoms with Crippen LogP contribution in [0.2, 0.25) is 0 Å². The maximum atomic E-state index is 13.2. The van der Waals surface area contributed by atoms with Crippen molar-refractivity contribution in [3.05, 3.63) is 71.0 Å². The summed E-state index contributed by atoms with van der Waals surface area (Å²) in [6.45, 7) is 4.88. The van der Waals surface area contributed by atoms with Gasteiger partial charge in [0.15, 0.2) is 0 Å². The van der Waals surface area contributed by atoms with Crippen LogP contribution in [0.25, 0.3) is 0 Å². The van der Waals surface area contributed by atoms with E-state index in [1.165, 1.54) is 12.1 Å². The van der Waals surface area contributed by atoms with Crippen molar-refractivity contribution in [1.82, 2.24) is 15.8 Å². The predicted molar refractivity (Wildman–Crippen MR) is 112 cm³/mol. The Morgan fingerprint density at radius 2 is 1.97 bits per heavy atom. The average molecular weight is 400 g/mol. The average Bonchev–Trinajstić information content (AvgIpc) is 3.14. The van der Waals surface area contributed by atoms with E-state index >= 15 is 0 Å². The molecule has 2 unspecified atom stereocenters. The van der Waals surface area contributed by atoms with E-state index in [1.54, 1.807) is 30.9 Å². The Morgan fingerprint density at radius 3 is 2.66 bits per heavy atom. The summed E-state index contributed by atoms with van der Waals surface area (Å²) in [5, 5.41) is 9.93. The highest BCUT2D eigenvalue weighted by molar-refractivity contribution is 5.94. The van der Waals surface area contributed by atoms with Crippen LogP contribution in [-0.2, 0) is 6.42 Å². The molecular weight excluding hydrogens is 369 g/mol. The first-order valence-corrected chi connectivity index (χ1v) is 10.0. The Bertz CT molecular complexity index is 833. The zero-order valence-corrected chi connectivity index (χ0v) is 17.3. The Labute approximate surface area is 171 Å². The SMILES string of the molecule is CN(CC1CNNC1c1ccc(F)cc1)C(=O)c1cccc(CCC(C)(C)O)c1. The molecule has 1 heterocycles. The van der Waals surface area contributed by atoms with E-state index in [4.69, 9.17) is 0 Å². The van der Waals surface area contributed by atoms with E-state index in [0.717, 1.165) is 24.1 Å². The van der Waals surface area contributed by atoms with Crippen LogP contribution in [0.1, 0.15) is 47.8 Å². The molecule has 1 aliphatic heterocycles. The van der Waals surface area contributed by atoms with E-state index in [2.05, 4.69) is 10.9 Å². The van der Waals surface area contributed by atoms with Crippen LogP contribution in [0, 0.1) is 11.7 Å². The second-order valence-electron chi connectivity index (χ2n) is 8.51. The molecule has 2 aromatic rings. The third-order valence-corrected chi connectivity index (χ3v) is 5.38. The molecule has 1 fully saturated rings. The second-order valence-corrected chi connectivity index (χ2v) is 8.51. The Balaban J connectivity index is 1.65. The molecule has 5 nitrogen and oxygen atoms in total. The van der Waals surface area contributed by atoms with Crippen LogP contribution in [0.3, 0.4) is 0 Å². The lowest BCUT2D eigenvalue weighted by Crippen LogP contribution is -2.34. The smallest absolute Gasteiger partial charge is 0.253 e. The normalized spacial score (nSPS) is 19.3. The van der Waals surface area contributed by atoms with E-state index in [9.17, 15) is 14.3 Å². The van der Waals surface area contributed by atoms with Gasteiger partial charge in [-0.05, 0) is 62.1 Å². The maximum Gasteiger partial charge on any atom is 0.253 e. The number of hydrogen-bond acceptors (Lipinski definition) is 4. The number of carbonyl (C=O) groups is 1. The third kappa shape index (κ3) is 5.85. The highest BCUT2D eigenvalue weighted by Crippen LogP contribution is 2.26. The van der Waals surface area contributed by atoms with Crippen LogP contribution in [0.4, 0.5) is 4.39 Å². The lowest BCUT2D eigenvalue weighted by molar-refractivity contribution is 0.0714. The van der Waals surface area contributed by atoms with E-state index in [1.807, 2.05) is 31.3 Å². The standard InChI is InChI=1S/C23H30FN3O2/c1-23(2,29)12-11-16-5-4-6-18(13-16)22(28)27(3)15-19-14-25-26-21(19)17-7-9-20(24)10-8-17/h4-10,13,19,21,25-26,29H,11-12,14-15H2,1-3H3. The largest absolute Gasteiger partial charge is 0.390 e. The van der Waals surface area contributed by atoms with Gasteiger partial charge < -0.3 is 10.0 Å². The van der Waals surface area contributed by atoms with Crippen LogP contribution in [-0.4, -0.2) is 41.7 Å². The summed E-state index contributed by atoms with van der Waals surface area (Å²) in [6.07, 6.45) is 1.36. The number of rotatable bonds is 7. The number of carbonyl (C=O) groups excluding carboxylic acids is 1. The van der Waals surface area contributed by atoms with Gasteiger partial charge in [-0.15, -0.1) is 0 Å².